The quantitative estimate of drug-likeness (QED) is 0.463. The number of aryl methyl sites for hydroxylation is 1. The zero-order valence-corrected chi connectivity index (χ0v) is 16.1. The number of nitrogens with one attached hydrogen (secondary N) is 1. The van der Waals surface area contributed by atoms with Gasteiger partial charge in [-0.05, 0) is 41.5 Å². The second-order valence-corrected chi connectivity index (χ2v) is 6.96. The second kappa shape index (κ2) is 7.31. The van der Waals surface area contributed by atoms with Crippen LogP contribution < -0.4 is 5.32 Å². The molecular formula is C23H20N6. The van der Waals surface area contributed by atoms with Crippen LogP contribution in [0.3, 0.4) is 0 Å². The predicted molar refractivity (Wildman–Crippen MR) is 115 cm³/mol. The van der Waals surface area contributed by atoms with Crippen molar-refractivity contribution in [2.75, 3.05) is 5.32 Å². The van der Waals surface area contributed by atoms with Gasteiger partial charge in [-0.1, -0.05) is 43.7 Å². The Morgan fingerprint density at radius 3 is 2.66 bits per heavy atom. The number of nitrogens with zero attached hydrogens (tertiary/aromatic N) is 5. The molecule has 6 heteroatoms. The molecule has 29 heavy (non-hydrogen) atoms. The molecule has 5 rings (SSSR count). The fraction of sp³-hybridized carbons (Fsp3) is 0.130. The number of hydrogen-bond acceptors (Lipinski definition) is 5. The number of anilines is 2. The molecule has 0 bridgehead atoms. The summed E-state index contributed by atoms with van der Waals surface area (Å²) in [7, 11) is 0. The van der Waals surface area contributed by atoms with Crippen molar-refractivity contribution in [2.45, 2.75) is 19.8 Å². The SMILES string of the molecule is CCCc1cc(Nc2ccc3ccccc3c2)n2nc(-c3cccnc3)nc2n1. The highest BCUT2D eigenvalue weighted by Crippen LogP contribution is 2.24. The van der Waals surface area contributed by atoms with Gasteiger partial charge in [0, 0.05) is 35.4 Å². The molecule has 0 atom stereocenters. The first-order valence-corrected chi connectivity index (χ1v) is 9.73. The molecule has 0 aliphatic heterocycles. The van der Waals surface area contributed by atoms with Crippen LogP contribution >= 0.6 is 0 Å². The van der Waals surface area contributed by atoms with Crippen molar-refractivity contribution in [3.63, 3.8) is 0 Å². The average molecular weight is 380 g/mol. The van der Waals surface area contributed by atoms with Gasteiger partial charge < -0.3 is 5.32 Å². The van der Waals surface area contributed by atoms with Crippen LogP contribution in [0.15, 0.2) is 73.1 Å². The summed E-state index contributed by atoms with van der Waals surface area (Å²) >= 11 is 0. The molecule has 1 N–H and O–H groups in total. The highest BCUT2D eigenvalue weighted by Gasteiger charge is 2.13. The first-order chi connectivity index (χ1) is 14.3. The molecule has 6 nitrogen and oxygen atoms in total. The molecule has 3 heterocycles. The van der Waals surface area contributed by atoms with E-state index in [4.69, 9.17) is 4.98 Å². The van der Waals surface area contributed by atoms with E-state index in [9.17, 15) is 0 Å². The van der Waals surface area contributed by atoms with Crippen LogP contribution in [0.2, 0.25) is 0 Å². The second-order valence-electron chi connectivity index (χ2n) is 6.96. The number of benzene rings is 2. The van der Waals surface area contributed by atoms with Crippen LogP contribution in [-0.2, 0) is 6.42 Å². The largest absolute Gasteiger partial charge is 0.340 e. The molecule has 142 valence electrons. The summed E-state index contributed by atoms with van der Waals surface area (Å²) in [5, 5.41) is 10.6. The van der Waals surface area contributed by atoms with E-state index in [-0.39, 0.29) is 0 Å². The number of rotatable bonds is 5. The topological polar surface area (TPSA) is 68.0 Å². The summed E-state index contributed by atoms with van der Waals surface area (Å²) in [6.45, 7) is 2.15. The summed E-state index contributed by atoms with van der Waals surface area (Å²) in [4.78, 5) is 13.5. The third-order valence-electron chi connectivity index (χ3n) is 4.81. The Balaban J connectivity index is 1.61. The number of hydrogen-bond donors (Lipinski definition) is 1. The molecule has 0 saturated carbocycles. The molecule has 0 radical (unpaired) electrons. The molecule has 0 spiro atoms. The molecule has 0 aliphatic carbocycles. The smallest absolute Gasteiger partial charge is 0.254 e. The number of aromatic nitrogens is 5. The lowest BCUT2D eigenvalue weighted by Gasteiger charge is -2.10. The van der Waals surface area contributed by atoms with E-state index in [1.54, 1.807) is 16.9 Å². The van der Waals surface area contributed by atoms with E-state index in [0.717, 1.165) is 35.6 Å². The first kappa shape index (κ1) is 17.3. The lowest BCUT2D eigenvalue weighted by molar-refractivity contribution is 0.860. The predicted octanol–water partition coefficient (Wildman–Crippen LogP) is 5.04. The Kier molecular flexibility index (Phi) is 4.37. The van der Waals surface area contributed by atoms with E-state index in [1.807, 2.05) is 30.3 Å². The van der Waals surface area contributed by atoms with Gasteiger partial charge in [0.25, 0.3) is 5.78 Å². The van der Waals surface area contributed by atoms with E-state index in [1.165, 1.54) is 10.8 Å². The minimum Gasteiger partial charge on any atom is -0.340 e. The van der Waals surface area contributed by atoms with Crippen LogP contribution in [0.25, 0.3) is 27.9 Å². The zero-order chi connectivity index (χ0) is 19.6. The zero-order valence-electron chi connectivity index (χ0n) is 16.1. The van der Waals surface area contributed by atoms with Crippen LogP contribution in [-0.4, -0.2) is 24.6 Å². The van der Waals surface area contributed by atoms with Crippen molar-refractivity contribution in [1.29, 1.82) is 0 Å². The highest BCUT2D eigenvalue weighted by atomic mass is 15.4. The molecule has 2 aromatic carbocycles. The van der Waals surface area contributed by atoms with Gasteiger partial charge in [-0.2, -0.15) is 9.50 Å². The van der Waals surface area contributed by atoms with E-state index < -0.39 is 0 Å². The monoisotopic (exact) mass is 380 g/mol. The van der Waals surface area contributed by atoms with Crippen LogP contribution in [0.1, 0.15) is 19.0 Å². The maximum atomic E-state index is 4.69. The van der Waals surface area contributed by atoms with Crippen LogP contribution in [0.4, 0.5) is 11.5 Å². The van der Waals surface area contributed by atoms with Crippen molar-refractivity contribution in [3.8, 4) is 11.4 Å². The molecular weight excluding hydrogens is 360 g/mol. The Bertz CT molecular complexity index is 1290. The summed E-state index contributed by atoms with van der Waals surface area (Å²) in [6, 6.07) is 20.5. The van der Waals surface area contributed by atoms with Gasteiger partial charge in [-0.3, -0.25) is 4.98 Å². The third-order valence-corrected chi connectivity index (χ3v) is 4.81. The number of pyridine rings is 1. The lowest BCUT2D eigenvalue weighted by Crippen LogP contribution is -2.04. The molecule has 0 saturated heterocycles. The highest BCUT2D eigenvalue weighted by molar-refractivity contribution is 5.86. The van der Waals surface area contributed by atoms with E-state index in [0.29, 0.717) is 11.6 Å². The average Bonchev–Trinajstić information content (AvgIpc) is 3.19. The Morgan fingerprint density at radius 2 is 1.83 bits per heavy atom. The standard InChI is InChI=1S/C23H20N6/c1-2-6-19-14-21(25-20-11-10-16-7-3-4-8-17(16)13-20)29-23(26-19)27-22(28-29)18-9-5-12-24-15-18/h3-5,7-15,25H,2,6H2,1H3. The van der Waals surface area contributed by atoms with Crippen molar-refractivity contribution in [3.05, 3.63) is 78.8 Å². The molecule has 0 fully saturated rings. The molecule has 5 aromatic rings. The minimum absolute atomic E-state index is 0.582. The normalized spacial score (nSPS) is 11.2. The Labute approximate surface area is 168 Å². The summed E-state index contributed by atoms with van der Waals surface area (Å²) in [6.07, 6.45) is 5.40. The van der Waals surface area contributed by atoms with Crippen molar-refractivity contribution >= 4 is 28.1 Å². The molecule has 0 aliphatic rings. The van der Waals surface area contributed by atoms with Crippen molar-refractivity contribution in [1.82, 2.24) is 24.6 Å². The van der Waals surface area contributed by atoms with Gasteiger partial charge in [-0.15, -0.1) is 5.10 Å². The summed E-state index contributed by atoms with van der Waals surface area (Å²) in [5.74, 6) is 2.04. The lowest BCUT2D eigenvalue weighted by atomic mass is 10.1. The molecule has 0 amide bonds. The van der Waals surface area contributed by atoms with E-state index in [2.05, 4.69) is 57.6 Å². The van der Waals surface area contributed by atoms with Crippen molar-refractivity contribution < 1.29 is 0 Å². The van der Waals surface area contributed by atoms with Gasteiger partial charge in [0.15, 0.2) is 5.82 Å². The fourth-order valence-corrected chi connectivity index (χ4v) is 3.42. The van der Waals surface area contributed by atoms with Gasteiger partial charge in [0.1, 0.15) is 5.82 Å². The molecule has 0 unspecified atom stereocenters. The minimum atomic E-state index is 0.582. The molecule has 3 aromatic heterocycles. The first-order valence-electron chi connectivity index (χ1n) is 9.73. The summed E-state index contributed by atoms with van der Waals surface area (Å²) in [5.41, 5.74) is 2.86. The fourth-order valence-electron chi connectivity index (χ4n) is 3.42. The van der Waals surface area contributed by atoms with Gasteiger partial charge in [0.05, 0.1) is 0 Å². The maximum Gasteiger partial charge on any atom is 0.254 e. The number of fused-ring (bicyclic) bond motifs is 2. The summed E-state index contributed by atoms with van der Waals surface area (Å²) < 4.78 is 1.76. The Hall–Kier alpha value is -3.80. The van der Waals surface area contributed by atoms with Crippen LogP contribution in [0.5, 0.6) is 0 Å². The van der Waals surface area contributed by atoms with Crippen LogP contribution in [0, 0.1) is 0 Å². The van der Waals surface area contributed by atoms with Gasteiger partial charge in [0.2, 0.25) is 0 Å². The van der Waals surface area contributed by atoms with E-state index >= 15 is 0 Å². The Morgan fingerprint density at radius 1 is 0.931 bits per heavy atom. The van der Waals surface area contributed by atoms with Gasteiger partial charge >= 0.3 is 0 Å². The van der Waals surface area contributed by atoms with Gasteiger partial charge in [-0.25, -0.2) is 4.98 Å². The third kappa shape index (κ3) is 3.40. The maximum absolute atomic E-state index is 4.69. The van der Waals surface area contributed by atoms with Crippen molar-refractivity contribution in [2.24, 2.45) is 0 Å².